The third-order valence-corrected chi connectivity index (χ3v) is 4.93. The summed E-state index contributed by atoms with van der Waals surface area (Å²) in [6.45, 7) is 0. The number of rotatable bonds is 6. The largest absolute Gasteiger partial charge is 0.416 e. The molecular weight excluding hydrogens is 447 g/mol. The first-order valence-electron chi connectivity index (χ1n) is 9.01. The van der Waals surface area contributed by atoms with Crippen LogP contribution in [0.2, 0.25) is 0 Å². The minimum absolute atomic E-state index is 0.0368. The van der Waals surface area contributed by atoms with Gasteiger partial charge in [-0.3, -0.25) is 4.79 Å². The lowest BCUT2D eigenvalue weighted by Crippen LogP contribution is -2.15. The van der Waals surface area contributed by atoms with E-state index in [9.17, 15) is 18.0 Å². The molecule has 0 saturated heterocycles. The Kier molecular flexibility index (Phi) is 5.81. The molecule has 32 heavy (non-hydrogen) atoms. The molecule has 9 nitrogen and oxygen atoms in total. The first-order chi connectivity index (χ1) is 15.3. The number of anilines is 2. The number of fused-ring (bicyclic) bond motifs is 1. The van der Waals surface area contributed by atoms with Crippen LogP contribution < -0.4 is 15.9 Å². The predicted octanol–water partition coefficient (Wildman–Crippen LogP) is 3.40. The van der Waals surface area contributed by atoms with Crippen LogP contribution in [0.25, 0.3) is 11.0 Å². The summed E-state index contributed by atoms with van der Waals surface area (Å²) in [5.41, 5.74) is 6.14. The maximum absolute atomic E-state index is 12.8. The van der Waals surface area contributed by atoms with Gasteiger partial charge in [-0.25, -0.2) is 4.98 Å². The number of para-hydroxylation sites is 1. The number of alkyl halides is 3. The minimum Gasteiger partial charge on any atom is -0.368 e. The zero-order valence-electron chi connectivity index (χ0n) is 16.1. The molecule has 2 aromatic carbocycles. The molecule has 0 radical (unpaired) electrons. The molecule has 4 rings (SSSR count). The lowest BCUT2D eigenvalue weighted by Gasteiger charge is -2.10. The fourth-order valence-corrected chi connectivity index (χ4v) is 3.35. The van der Waals surface area contributed by atoms with Gasteiger partial charge in [-0.1, -0.05) is 34.8 Å². The zero-order valence-corrected chi connectivity index (χ0v) is 16.9. The lowest BCUT2D eigenvalue weighted by molar-refractivity contribution is -0.137. The first kappa shape index (κ1) is 21.4. The molecule has 2 heterocycles. The average Bonchev–Trinajstić information content (AvgIpc) is 3.14. The number of amides is 1. The van der Waals surface area contributed by atoms with E-state index < -0.39 is 17.6 Å². The number of aromatic nitrogens is 5. The minimum atomic E-state index is -4.50. The number of nitrogens with one attached hydrogen (secondary N) is 1. The second-order valence-corrected chi connectivity index (χ2v) is 7.36. The van der Waals surface area contributed by atoms with E-state index in [-0.39, 0.29) is 23.3 Å². The average molecular weight is 461 g/mol. The summed E-state index contributed by atoms with van der Waals surface area (Å²) < 4.78 is 38.4. The summed E-state index contributed by atoms with van der Waals surface area (Å²) in [7, 11) is 0. The number of carbonyl (C=O) groups is 1. The number of hydrogen-bond acceptors (Lipinski definition) is 8. The molecule has 0 atom stereocenters. The van der Waals surface area contributed by atoms with Crippen molar-refractivity contribution in [2.45, 2.75) is 11.2 Å². The van der Waals surface area contributed by atoms with Gasteiger partial charge in [0.25, 0.3) is 5.88 Å². The SMILES string of the molecule is Nc1nc(On2nnc3ccccc32)cc(SCC(=O)Nc2cccc(C(F)(F)F)c2)n1. The fourth-order valence-electron chi connectivity index (χ4n) is 2.66. The van der Waals surface area contributed by atoms with Crippen molar-refractivity contribution in [3.63, 3.8) is 0 Å². The molecule has 13 heteroatoms. The van der Waals surface area contributed by atoms with Crippen LogP contribution in [0.1, 0.15) is 5.56 Å². The summed E-state index contributed by atoms with van der Waals surface area (Å²) in [6, 6.07) is 13.0. The third-order valence-electron chi connectivity index (χ3n) is 4.02. The molecule has 0 unspecified atom stereocenters. The highest BCUT2D eigenvalue weighted by Crippen LogP contribution is 2.30. The van der Waals surface area contributed by atoms with Gasteiger partial charge in [-0.2, -0.15) is 18.2 Å². The zero-order chi connectivity index (χ0) is 22.7. The van der Waals surface area contributed by atoms with Crippen molar-refractivity contribution in [1.29, 1.82) is 0 Å². The van der Waals surface area contributed by atoms with Gasteiger partial charge in [-0.05, 0) is 35.5 Å². The van der Waals surface area contributed by atoms with Gasteiger partial charge in [0.1, 0.15) is 16.1 Å². The number of benzene rings is 2. The van der Waals surface area contributed by atoms with Crippen LogP contribution in [-0.2, 0) is 11.0 Å². The summed E-state index contributed by atoms with van der Waals surface area (Å²) in [5.74, 6) is -0.656. The van der Waals surface area contributed by atoms with Crippen LogP contribution in [-0.4, -0.2) is 36.8 Å². The Balaban J connectivity index is 1.41. The molecule has 0 aliphatic rings. The normalized spacial score (nSPS) is 11.5. The quantitative estimate of drug-likeness (QED) is 0.331. The Morgan fingerprint density at radius 2 is 1.94 bits per heavy atom. The third kappa shape index (κ3) is 5.06. The van der Waals surface area contributed by atoms with Gasteiger partial charge in [0.15, 0.2) is 0 Å². The molecule has 1 amide bonds. The van der Waals surface area contributed by atoms with Crippen LogP contribution >= 0.6 is 11.8 Å². The smallest absolute Gasteiger partial charge is 0.368 e. The van der Waals surface area contributed by atoms with E-state index in [1.165, 1.54) is 23.0 Å². The lowest BCUT2D eigenvalue weighted by atomic mass is 10.2. The van der Waals surface area contributed by atoms with Crippen molar-refractivity contribution < 1.29 is 22.8 Å². The Bertz CT molecular complexity index is 1280. The Labute approximate surface area is 182 Å². The standard InChI is InChI=1S/C19H14F3N7O2S/c20-19(21,22)11-4-3-5-12(8-11)24-15(30)10-32-17-9-16(25-18(23)26-17)31-29-14-7-2-1-6-13(14)27-28-29/h1-9H,10H2,(H,24,30)(H2,23,25,26). The highest BCUT2D eigenvalue weighted by atomic mass is 32.2. The maximum Gasteiger partial charge on any atom is 0.416 e. The van der Waals surface area contributed by atoms with Crippen LogP contribution in [0.3, 0.4) is 0 Å². The monoisotopic (exact) mass is 461 g/mol. The molecular formula is C19H14F3N7O2S. The molecule has 164 valence electrons. The van der Waals surface area contributed by atoms with Crippen molar-refractivity contribution in [2.24, 2.45) is 0 Å². The van der Waals surface area contributed by atoms with Gasteiger partial charge in [0.2, 0.25) is 11.9 Å². The number of hydrogen-bond donors (Lipinski definition) is 2. The maximum atomic E-state index is 12.8. The summed E-state index contributed by atoms with van der Waals surface area (Å²) in [5, 5.41) is 10.6. The van der Waals surface area contributed by atoms with Crippen LogP contribution in [0, 0.1) is 0 Å². The summed E-state index contributed by atoms with van der Waals surface area (Å²) in [6.07, 6.45) is -4.50. The van der Waals surface area contributed by atoms with E-state index in [0.29, 0.717) is 16.1 Å². The fraction of sp³-hybridized carbons (Fsp3) is 0.105. The molecule has 0 aliphatic heterocycles. The predicted molar refractivity (Wildman–Crippen MR) is 111 cm³/mol. The summed E-state index contributed by atoms with van der Waals surface area (Å²) in [4.78, 5) is 26.9. The van der Waals surface area contributed by atoms with E-state index in [2.05, 4.69) is 25.6 Å². The highest BCUT2D eigenvalue weighted by molar-refractivity contribution is 7.99. The van der Waals surface area contributed by atoms with Crippen LogP contribution in [0.5, 0.6) is 5.88 Å². The molecule has 4 aromatic rings. The van der Waals surface area contributed by atoms with Gasteiger partial charge in [-0.15, -0.1) is 5.10 Å². The van der Waals surface area contributed by atoms with E-state index in [4.69, 9.17) is 10.6 Å². The Morgan fingerprint density at radius 3 is 2.75 bits per heavy atom. The van der Waals surface area contributed by atoms with Crippen LogP contribution in [0.4, 0.5) is 24.8 Å². The van der Waals surface area contributed by atoms with Gasteiger partial charge < -0.3 is 15.9 Å². The second kappa shape index (κ2) is 8.70. The highest BCUT2D eigenvalue weighted by Gasteiger charge is 2.30. The van der Waals surface area contributed by atoms with Gasteiger partial charge in [0, 0.05) is 11.8 Å². The Hall–Kier alpha value is -3.87. The Morgan fingerprint density at radius 1 is 1.12 bits per heavy atom. The second-order valence-electron chi connectivity index (χ2n) is 6.36. The molecule has 0 bridgehead atoms. The van der Waals surface area contributed by atoms with E-state index in [1.54, 1.807) is 18.2 Å². The van der Waals surface area contributed by atoms with Gasteiger partial charge in [0.05, 0.1) is 11.3 Å². The van der Waals surface area contributed by atoms with Crippen LogP contribution in [0.15, 0.2) is 59.6 Å². The molecule has 3 N–H and O–H groups in total. The summed E-state index contributed by atoms with van der Waals surface area (Å²) >= 11 is 1.01. The van der Waals surface area contributed by atoms with Crippen molar-refractivity contribution in [3.05, 3.63) is 60.2 Å². The van der Waals surface area contributed by atoms with Crippen molar-refractivity contribution in [1.82, 2.24) is 25.1 Å². The molecule has 0 aliphatic carbocycles. The number of nitrogens with zero attached hydrogens (tertiary/aromatic N) is 5. The van der Waals surface area contributed by atoms with Crippen molar-refractivity contribution >= 4 is 40.3 Å². The molecule has 0 spiro atoms. The number of thioether (sulfide) groups is 1. The number of halogens is 3. The van der Waals surface area contributed by atoms with Crippen molar-refractivity contribution in [3.8, 4) is 5.88 Å². The molecule has 0 saturated carbocycles. The van der Waals surface area contributed by atoms with Crippen molar-refractivity contribution in [2.75, 3.05) is 16.8 Å². The number of nitrogen functional groups attached to an aromatic ring is 1. The molecule has 2 aromatic heterocycles. The number of nitrogens with two attached hydrogens (primary N) is 1. The van der Waals surface area contributed by atoms with E-state index >= 15 is 0 Å². The van der Waals surface area contributed by atoms with E-state index in [1.807, 2.05) is 6.07 Å². The topological polar surface area (TPSA) is 121 Å². The first-order valence-corrected chi connectivity index (χ1v) is 10.00. The van der Waals surface area contributed by atoms with Gasteiger partial charge >= 0.3 is 6.18 Å². The van der Waals surface area contributed by atoms with E-state index in [0.717, 1.165) is 23.9 Å². The molecule has 0 fully saturated rings. The number of carbonyl (C=O) groups excluding carboxylic acids is 1.